The Hall–Kier alpha value is -1.95. The van der Waals surface area contributed by atoms with Crippen LogP contribution in [-0.2, 0) is 19.7 Å². The Morgan fingerprint density at radius 3 is 2.57 bits per heavy atom. The number of aliphatic carboxylic acids is 1. The SMILES string of the molecule is O=C(O)C1CC(NC(=O)C2(c3cccc(F)c3)CCOCC2)C1. The monoisotopic (exact) mass is 321 g/mol. The number of hydrogen-bond donors (Lipinski definition) is 2. The van der Waals surface area contributed by atoms with Crippen molar-refractivity contribution >= 4 is 11.9 Å². The lowest BCUT2D eigenvalue weighted by Gasteiger charge is -2.40. The maximum absolute atomic E-state index is 13.6. The maximum atomic E-state index is 13.6. The fourth-order valence-corrected chi connectivity index (χ4v) is 3.41. The fraction of sp³-hybridized carbons (Fsp3) is 0.529. The molecule has 1 aromatic carbocycles. The molecule has 23 heavy (non-hydrogen) atoms. The number of carboxylic acid groups (broad SMARTS) is 1. The van der Waals surface area contributed by atoms with E-state index in [-0.39, 0.29) is 23.7 Å². The molecule has 0 unspecified atom stereocenters. The van der Waals surface area contributed by atoms with E-state index in [0.29, 0.717) is 44.5 Å². The molecule has 124 valence electrons. The Bertz CT molecular complexity index is 606. The van der Waals surface area contributed by atoms with E-state index < -0.39 is 11.4 Å². The largest absolute Gasteiger partial charge is 0.481 e. The summed E-state index contributed by atoms with van der Waals surface area (Å²) in [6.07, 6.45) is 1.91. The topological polar surface area (TPSA) is 75.6 Å². The highest BCUT2D eigenvalue weighted by atomic mass is 19.1. The zero-order valence-corrected chi connectivity index (χ0v) is 12.8. The summed E-state index contributed by atoms with van der Waals surface area (Å²) in [6.45, 7) is 0.901. The molecule has 1 heterocycles. The van der Waals surface area contributed by atoms with Crippen molar-refractivity contribution in [1.29, 1.82) is 0 Å². The molecular weight excluding hydrogens is 301 g/mol. The predicted octanol–water partition coefficient (Wildman–Crippen LogP) is 1.85. The highest BCUT2D eigenvalue weighted by Gasteiger charge is 2.44. The molecule has 0 bridgehead atoms. The van der Waals surface area contributed by atoms with Gasteiger partial charge < -0.3 is 15.2 Å². The van der Waals surface area contributed by atoms with E-state index in [2.05, 4.69) is 5.32 Å². The summed E-state index contributed by atoms with van der Waals surface area (Å²) in [6, 6.07) is 6.04. The molecule has 6 heteroatoms. The van der Waals surface area contributed by atoms with Crippen LogP contribution < -0.4 is 5.32 Å². The minimum atomic E-state index is -0.818. The van der Waals surface area contributed by atoms with Crippen molar-refractivity contribution in [3.05, 3.63) is 35.6 Å². The minimum absolute atomic E-state index is 0.114. The summed E-state index contributed by atoms with van der Waals surface area (Å²) in [7, 11) is 0. The molecule has 0 atom stereocenters. The lowest BCUT2D eigenvalue weighted by atomic mass is 9.72. The summed E-state index contributed by atoms with van der Waals surface area (Å²) in [5, 5.41) is 11.9. The third-order valence-electron chi connectivity index (χ3n) is 4.98. The van der Waals surface area contributed by atoms with Crippen molar-refractivity contribution < 1.29 is 23.8 Å². The second-order valence-electron chi connectivity index (χ2n) is 6.38. The number of hydrogen-bond acceptors (Lipinski definition) is 3. The van der Waals surface area contributed by atoms with Crippen LogP contribution in [0.1, 0.15) is 31.2 Å². The number of carbonyl (C=O) groups excluding carboxylic acids is 1. The molecule has 2 aliphatic rings. The van der Waals surface area contributed by atoms with Crippen molar-refractivity contribution in [2.75, 3.05) is 13.2 Å². The zero-order chi connectivity index (χ0) is 16.4. The van der Waals surface area contributed by atoms with Crippen molar-refractivity contribution in [2.24, 2.45) is 5.92 Å². The van der Waals surface area contributed by atoms with Crippen molar-refractivity contribution in [3.63, 3.8) is 0 Å². The second-order valence-corrected chi connectivity index (χ2v) is 6.38. The molecule has 0 aromatic heterocycles. The molecule has 1 aliphatic heterocycles. The first kappa shape index (κ1) is 15.9. The molecular formula is C17H20FNO4. The van der Waals surface area contributed by atoms with Gasteiger partial charge >= 0.3 is 5.97 Å². The van der Waals surface area contributed by atoms with E-state index in [1.165, 1.54) is 12.1 Å². The molecule has 2 N–H and O–H groups in total. The first-order valence-electron chi connectivity index (χ1n) is 7.89. The first-order valence-corrected chi connectivity index (χ1v) is 7.89. The van der Waals surface area contributed by atoms with Gasteiger partial charge in [0.2, 0.25) is 5.91 Å². The van der Waals surface area contributed by atoms with Crippen LogP contribution in [0.25, 0.3) is 0 Å². The van der Waals surface area contributed by atoms with Crippen LogP contribution in [0.2, 0.25) is 0 Å². The number of halogens is 1. The zero-order valence-electron chi connectivity index (χ0n) is 12.8. The Kier molecular flexibility index (Phi) is 4.35. The van der Waals surface area contributed by atoms with E-state index >= 15 is 0 Å². The van der Waals surface area contributed by atoms with Gasteiger partial charge in [0, 0.05) is 19.3 Å². The molecule has 0 radical (unpaired) electrons. The maximum Gasteiger partial charge on any atom is 0.306 e. The van der Waals surface area contributed by atoms with E-state index in [0.717, 1.165) is 0 Å². The van der Waals surface area contributed by atoms with Gasteiger partial charge in [-0.05, 0) is 43.4 Å². The predicted molar refractivity (Wildman–Crippen MR) is 80.4 cm³/mol. The number of ether oxygens (including phenoxy) is 1. The van der Waals surface area contributed by atoms with Crippen molar-refractivity contribution in [3.8, 4) is 0 Å². The highest BCUT2D eigenvalue weighted by Crippen LogP contribution is 2.37. The first-order chi connectivity index (χ1) is 11.0. The summed E-state index contributed by atoms with van der Waals surface area (Å²) in [4.78, 5) is 23.7. The number of nitrogens with one attached hydrogen (secondary N) is 1. The molecule has 1 aromatic rings. The van der Waals surface area contributed by atoms with Crippen LogP contribution in [-0.4, -0.2) is 36.2 Å². The molecule has 3 rings (SSSR count). The molecule has 1 aliphatic carbocycles. The van der Waals surface area contributed by atoms with Crippen LogP contribution in [0.3, 0.4) is 0 Å². The van der Waals surface area contributed by atoms with Crippen LogP contribution in [0.15, 0.2) is 24.3 Å². The fourth-order valence-electron chi connectivity index (χ4n) is 3.41. The van der Waals surface area contributed by atoms with Gasteiger partial charge in [0.05, 0.1) is 11.3 Å². The number of carboxylic acids is 1. The standard InChI is InChI=1S/C17H20FNO4/c18-13-3-1-2-12(10-13)17(4-6-23-7-5-17)16(22)19-14-8-11(9-14)15(20)21/h1-3,10-11,14H,4-9H2,(H,19,22)(H,20,21). The summed E-state index contributed by atoms with van der Waals surface area (Å²) < 4.78 is 19.0. The van der Waals surface area contributed by atoms with Gasteiger partial charge in [-0.25, -0.2) is 4.39 Å². The number of benzene rings is 1. The Balaban J connectivity index is 1.76. The van der Waals surface area contributed by atoms with Crippen LogP contribution in [0, 0.1) is 11.7 Å². The quantitative estimate of drug-likeness (QED) is 0.887. The van der Waals surface area contributed by atoms with Gasteiger partial charge in [-0.2, -0.15) is 0 Å². The summed E-state index contributed by atoms with van der Waals surface area (Å²) in [5.41, 5.74) is -0.137. The number of rotatable bonds is 4. The molecule has 5 nitrogen and oxygen atoms in total. The Morgan fingerprint density at radius 1 is 1.26 bits per heavy atom. The molecule has 1 saturated carbocycles. The average Bonchev–Trinajstić information content (AvgIpc) is 2.50. The van der Waals surface area contributed by atoms with Gasteiger partial charge in [-0.1, -0.05) is 12.1 Å². The van der Waals surface area contributed by atoms with Crippen LogP contribution >= 0.6 is 0 Å². The van der Waals surface area contributed by atoms with Crippen molar-refractivity contribution in [1.82, 2.24) is 5.32 Å². The van der Waals surface area contributed by atoms with Gasteiger partial charge in [-0.3, -0.25) is 9.59 Å². The third-order valence-corrected chi connectivity index (χ3v) is 4.98. The second kappa shape index (κ2) is 6.28. The highest BCUT2D eigenvalue weighted by molar-refractivity contribution is 5.89. The van der Waals surface area contributed by atoms with Crippen molar-refractivity contribution in [2.45, 2.75) is 37.1 Å². The van der Waals surface area contributed by atoms with E-state index in [1.807, 2.05) is 0 Å². The summed E-state index contributed by atoms with van der Waals surface area (Å²) in [5.74, 6) is -1.71. The lowest BCUT2D eigenvalue weighted by Crippen LogP contribution is -2.54. The van der Waals surface area contributed by atoms with Gasteiger partial charge in [-0.15, -0.1) is 0 Å². The molecule has 0 spiro atoms. The molecule has 1 saturated heterocycles. The lowest BCUT2D eigenvalue weighted by molar-refractivity contribution is -0.147. The molecule has 2 fully saturated rings. The minimum Gasteiger partial charge on any atom is -0.481 e. The van der Waals surface area contributed by atoms with E-state index in [4.69, 9.17) is 9.84 Å². The average molecular weight is 321 g/mol. The van der Waals surface area contributed by atoms with Crippen LogP contribution in [0.4, 0.5) is 4.39 Å². The van der Waals surface area contributed by atoms with E-state index in [9.17, 15) is 14.0 Å². The van der Waals surface area contributed by atoms with E-state index in [1.54, 1.807) is 12.1 Å². The smallest absolute Gasteiger partial charge is 0.306 e. The van der Waals surface area contributed by atoms with Crippen LogP contribution in [0.5, 0.6) is 0 Å². The van der Waals surface area contributed by atoms with Gasteiger partial charge in [0.15, 0.2) is 0 Å². The molecule has 1 amide bonds. The Morgan fingerprint density at radius 2 is 1.96 bits per heavy atom. The number of carbonyl (C=O) groups is 2. The third kappa shape index (κ3) is 3.08. The van der Waals surface area contributed by atoms with Gasteiger partial charge in [0.1, 0.15) is 5.82 Å². The normalized spacial score (nSPS) is 26.1. The number of amides is 1. The van der Waals surface area contributed by atoms with Gasteiger partial charge in [0.25, 0.3) is 0 Å². The Labute approximate surface area is 133 Å². The summed E-state index contributed by atoms with van der Waals surface area (Å²) >= 11 is 0.